The number of nitrogens with one attached hydrogen (secondary N) is 1. The number of hydrogen-bond donors (Lipinski definition) is 1. The molecule has 0 aromatic carbocycles. The van der Waals surface area contributed by atoms with Gasteiger partial charge in [0.15, 0.2) is 0 Å². The fourth-order valence-electron chi connectivity index (χ4n) is 3.00. The van der Waals surface area contributed by atoms with Crippen LogP contribution in [0.2, 0.25) is 0 Å². The molecular weight excluding hydrogens is 224 g/mol. The van der Waals surface area contributed by atoms with E-state index in [2.05, 4.69) is 31.0 Å². The van der Waals surface area contributed by atoms with Gasteiger partial charge < -0.3 is 10.1 Å². The van der Waals surface area contributed by atoms with E-state index < -0.39 is 0 Å². The fourth-order valence-corrected chi connectivity index (χ4v) is 3.00. The fraction of sp³-hybridized carbons (Fsp3) is 1.00. The smallest absolute Gasteiger partial charge is 0.0702 e. The summed E-state index contributed by atoms with van der Waals surface area (Å²) in [5, 5.41) is 3.70. The lowest BCUT2D eigenvalue weighted by atomic mass is 9.98. The van der Waals surface area contributed by atoms with Crippen LogP contribution in [0.25, 0.3) is 0 Å². The first-order valence-corrected chi connectivity index (χ1v) is 7.79. The Hall–Kier alpha value is -0.120. The van der Waals surface area contributed by atoms with Gasteiger partial charge >= 0.3 is 0 Å². The number of ether oxygens (including phenoxy) is 1. The minimum atomic E-state index is 0.464. The van der Waals surface area contributed by atoms with Crippen molar-refractivity contribution >= 4 is 0 Å². The lowest BCUT2D eigenvalue weighted by Crippen LogP contribution is -2.51. The third-order valence-corrected chi connectivity index (χ3v) is 4.24. The molecule has 2 unspecified atom stereocenters. The van der Waals surface area contributed by atoms with E-state index in [1.807, 2.05) is 0 Å². The normalized spacial score (nSPS) is 27.7. The number of piperidine rings is 1. The van der Waals surface area contributed by atoms with Crippen LogP contribution in [0.1, 0.15) is 46.5 Å². The Bertz CT molecular complexity index is 239. The van der Waals surface area contributed by atoms with E-state index in [1.165, 1.54) is 32.2 Å². The second-order valence-electron chi connectivity index (χ2n) is 6.21. The van der Waals surface area contributed by atoms with Crippen molar-refractivity contribution in [3.05, 3.63) is 0 Å². The number of hydrogen-bond acceptors (Lipinski definition) is 3. The van der Waals surface area contributed by atoms with Gasteiger partial charge in [0, 0.05) is 31.8 Å². The summed E-state index contributed by atoms with van der Waals surface area (Å²) in [5.74, 6) is 0.719. The number of rotatable bonds is 7. The molecule has 3 nitrogen and oxygen atoms in total. The predicted octanol–water partition coefficient (Wildman–Crippen LogP) is 2.26. The third-order valence-electron chi connectivity index (χ3n) is 4.24. The quantitative estimate of drug-likeness (QED) is 0.754. The van der Waals surface area contributed by atoms with Crippen molar-refractivity contribution in [2.24, 2.45) is 5.92 Å². The summed E-state index contributed by atoms with van der Waals surface area (Å²) in [6.07, 6.45) is 5.76. The highest BCUT2D eigenvalue weighted by molar-refractivity contribution is 4.87. The largest absolute Gasteiger partial charge is 0.377 e. The highest BCUT2D eigenvalue weighted by Gasteiger charge is 2.29. The van der Waals surface area contributed by atoms with Gasteiger partial charge in [-0.05, 0) is 45.1 Å². The lowest BCUT2D eigenvalue weighted by Gasteiger charge is -2.40. The van der Waals surface area contributed by atoms with Crippen LogP contribution in [-0.4, -0.2) is 49.3 Å². The van der Waals surface area contributed by atoms with Crippen LogP contribution < -0.4 is 5.32 Å². The Kier molecular flexibility index (Phi) is 5.46. The molecule has 106 valence electrons. The van der Waals surface area contributed by atoms with E-state index in [-0.39, 0.29) is 0 Å². The molecule has 0 spiro atoms. The zero-order valence-electron chi connectivity index (χ0n) is 12.3. The molecule has 3 heteroatoms. The highest BCUT2D eigenvalue weighted by Crippen LogP contribution is 2.22. The summed E-state index contributed by atoms with van der Waals surface area (Å²) in [6.45, 7) is 11.2. The second-order valence-corrected chi connectivity index (χ2v) is 6.21. The van der Waals surface area contributed by atoms with Gasteiger partial charge in [-0.2, -0.15) is 0 Å². The Morgan fingerprint density at radius 1 is 1.28 bits per heavy atom. The number of nitrogens with zero attached hydrogens (tertiary/aromatic N) is 1. The van der Waals surface area contributed by atoms with Crippen LogP contribution in [0.5, 0.6) is 0 Å². The molecule has 2 fully saturated rings. The summed E-state index contributed by atoms with van der Waals surface area (Å²) in [5.41, 5.74) is 0. The predicted molar refractivity (Wildman–Crippen MR) is 75.9 cm³/mol. The molecule has 2 aliphatic rings. The molecule has 1 saturated carbocycles. The molecule has 0 aromatic heterocycles. The van der Waals surface area contributed by atoms with Gasteiger partial charge in [0.05, 0.1) is 6.10 Å². The highest BCUT2D eigenvalue weighted by atomic mass is 16.5. The first-order chi connectivity index (χ1) is 8.70. The van der Waals surface area contributed by atoms with E-state index >= 15 is 0 Å². The summed E-state index contributed by atoms with van der Waals surface area (Å²) in [7, 11) is 0. The van der Waals surface area contributed by atoms with E-state index in [0.717, 1.165) is 31.7 Å². The van der Waals surface area contributed by atoms with Crippen molar-refractivity contribution in [2.75, 3.05) is 26.2 Å². The lowest BCUT2D eigenvalue weighted by molar-refractivity contribution is -0.0138. The van der Waals surface area contributed by atoms with Gasteiger partial charge in [-0.3, -0.25) is 4.90 Å². The Balaban J connectivity index is 1.83. The molecule has 1 N–H and O–H groups in total. The molecule has 0 amide bonds. The molecule has 18 heavy (non-hydrogen) atoms. The zero-order chi connectivity index (χ0) is 13.0. The van der Waals surface area contributed by atoms with Crippen LogP contribution in [-0.2, 0) is 4.74 Å². The van der Waals surface area contributed by atoms with Crippen molar-refractivity contribution in [3.63, 3.8) is 0 Å². The molecule has 0 bridgehead atoms. The van der Waals surface area contributed by atoms with Gasteiger partial charge in [0.1, 0.15) is 0 Å². The molecule has 1 aliphatic heterocycles. The third kappa shape index (κ3) is 4.22. The van der Waals surface area contributed by atoms with Gasteiger partial charge in [0.25, 0.3) is 0 Å². The van der Waals surface area contributed by atoms with E-state index in [1.54, 1.807) is 0 Å². The molecule has 0 aromatic rings. The molecule has 1 aliphatic carbocycles. The summed E-state index contributed by atoms with van der Waals surface area (Å²) in [4.78, 5) is 2.66. The van der Waals surface area contributed by atoms with E-state index in [4.69, 9.17) is 4.74 Å². The second kappa shape index (κ2) is 6.88. The van der Waals surface area contributed by atoms with E-state index in [9.17, 15) is 0 Å². The minimum Gasteiger partial charge on any atom is -0.377 e. The molecule has 0 radical (unpaired) electrons. The average molecular weight is 254 g/mol. The van der Waals surface area contributed by atoms with E-state index in [0.29, 0.717) is 12.1 Å². The molecule has 2 rings (SSSR count). The molecule has 2 atom stereocenters. The average Bonchev–Trinajstić information content (AvgIpc) is 3.14. The molecular formula is C15H30N2O. The van der Waals surface area contributed by atoms with Gasteiger partial charge in [0.2, 0.25) is 0 Å². The molecule has 1 heterocycles. The van der Waals surface area contributed by atoms with Gasteiger partial charge in [-0.15, -0.1) is 0 Å². The van der Waals surface area contributed by atoms with Crippen LogP contribution in [0.3, 0.4) is 0 Å². The first-order valence-electron chi connectivity index (χ1n) is 7.79. The maximum atomic E-state index is 5.82. The first kappa shape index (κ1) is 14.3. The Labute approximate surface area is 112 Å². The maximum absolute atomic E-state index is 5.82. The van der Waals surface area contributed by atoms with Crippen LogP contribution in [0.15, 0.2) is 0 Å². The Morgan fingerprint density at radius 2 is 2.06 bits per heavy atom. The molecule has 1 saturated heterocycles. The van der Waals surface area contributed by atoms with Crippen LogP contribution in [0.4, 0.5) is 0 Å². The zero-order valence-corrected chi connectivity index (χ0v) is 12.3. The monoisotopic (exact) mass is 254 g/mol. The topological polar surface area (TPSA) is 24.5 Å². The van der Waals surface area contributed by atoms with Crippen molar-refractivity contribution < 1.29 is 4.74 Å². The van der Waals surface area contributed by atoms with Gasteiger partial charge in [-0.1, -0.05) is 13.8 Å². The van der Waals surface area contributed by atoms with Crippen molar-refractivity contribution in [1.29, 1.82) is 0 Å². The standard InChI is InChI=1S/C15H30N2O/c1-4-18-14-6-5-9-17(11-14)15(12(2)3)10-16-13-7-8-13/h12-16H,4-11H2,1-3H3. The SMILES string of the molecule is CCOC1CCCN(C(CNC2CC2)C(C)C)C1. The van der Waals surface area contributed by atoms with Crippen molar-refractivity contribution in [1.82, 2.24) is 10.2 Å². The van der Waals surface area contributed by atoms with Crippen LogP contribution >= 0.6 is 0 Å². The van der Waals surface area contributed by atoms with Crippen molar-refractivity contribution in [2.45, 2.75) is 64.6 Å². The van der Waals surface area contributed by atoms with Gasteiger partial charge in [-0.25, -0.2) is 0 Å². The van der Waals surface area contributed by atoms with Crippen molar-refractivity contribution in [3.8, 4) is 0 Å². The summed E-state index contributed by atoms with van der Waals surface area (Å²) >= 11 is 0. The minimum absolute atomic E-state index is 0.464. The summed E-state index contributed by atoms with van der Waals surface area (Å²) in [6, 6.07) is 1.49. The number of likely N-dealkylation sites (tertiary alicyclic amines) is 1. The summed E-state index contributed by atoms with van der Waals surface area (Å²) < 4.78 is 5.82. The van der Waals surface area contributed by atoms with Crippen LogP contribution in [0, 0.1) is 5.92 Å². The Morgan fingerprint density at radius 3 is 2.67 bits per heavy atom. The maximum Gasteiger partial charge on any atom is 0.0702 e.